The van der Waals surface area contributed by atoms with Gasteiger partial charge < -0.3 is 15.2 Å². The molecule has 5 heteroatoms. The highest BCUT2D eigenvalue weighted by Gasteiger charge is 2.25. The molecule has 2 heterocycles. The second-order valence-electron chi connectivity index (χ2n) is 5.98. The van der Waals surface area contributed by atoms with Crippen molar-refractivity contribution in [1.82, 2.24) is 15.3 Å². The van der Waals surface area contributed by atoms with Gasteiger partial charge in [0.15, 0.2) is 0 Å². The fourth-order valence-corrected chi connectivity index (χ4v) is 2.98. The van der Waals surface area contributed by atoms with E-state index < -0.39 is 0 Å². The van der Waals surface area contributed by atoms with Gasteiger partial charge >= 0.3 is 0 Å². The summed E-state index contributed by atoms with van der Waals surface area (Å²) in [5.74, 6) is 1.29. The van der Waals surface area contributed by atoms with Gasteiger partial charge in [-0.05, 0) is 31.4 Å². The molecule has 2 aromatic rings. The van der Waals surface area contributed by atoms with E-state index in [1.165, 1.54) is 0 Å². The molecule has 1 aromatic carbocycles. The van der Waals surface area contributed by atoms with Crippen LogP contribution in [-0.2, 0) is 4.79 Å². The maximum atomic E-state index is 12.1. The van der Waals surface area contributed by atoms with Crippen molar-refractivity contribution in [3.05, 3.63) is 24.3 Å². The van der Waals surface area contributed by atoms with Crippen molar-refractivity contribution in [2.24, 2.45) is 5.92 Å². The summed E-state index contributed by atoms with van der Waals surface area (Å²) in [5.41, 5.74) is 2.06. The molecule has 22 heavy (non-hydrogen) atoms. The van der Waals surface area contributed by atoms with E-state index in [-0.39, 0.29) is 11.8 Å². The Morgan fingerprint density at radius 1 is 1.36 bits per heavy atom. The Balaban J connectivity index is 1.56. The highest BCUT2D eigenvalue weighted by atomic mass is 16.1. The van der Waals surface area contributed by atoms with E-state index in [4.69, 9.17) is 0 Å². The molecule has 0 aliphatic carbocycles. The van der Waals surface area contributed by atoms with Crippen LogP contribution in [0.25, 0.3) is 11.0 Å². The van der Waals surface area contributed by atoms with Crippen LogP contribution in [0.3, 0.4) is 0 Å². The van der Waals surface area contributed by atoms with Gasteiger partial charge in [0, 0.05) is 25.6 Å². The number of carbonyl (C=O) groups is 1. The summed E-state index contributed by atoms with van der Waals surface area (Å²) in [6.07, 6.45) is 3.97. The molecule has 0 atom stereocenters. The van der Waals surface area contributed by atoms with Crippen LogP contribution in [0.2, 0.25) is 0 Å². The summed E-state index contributed by atoms with van der Waals surface area (Å²) in [7, 11) is 0. The van der Waals surface area contributed by atoms with Gasteiger partial charge in [-0.15, -0.1) is 0 Å². The molecule has 0 spiro atoms. The number of benzene rings is 1. The number of nitrogens with zero attached hydrogens (tertiary/aromatic N) is 2. The summed E-state index contributed by atoms with van der Waals surface area (Å²) in [6.45, 7) is 4.70. The highest BCUT2D eigenvalue weighted by Crippen LogP contribution is 2.23. The first kappa shape index (κ1) is 14.9. The minimum atomic E-state index is 0.150. The normalized spacial score (nSPS) is 16.1. The Morgan fingerprint density at radius 2 is 2.14 bits per heavy atom. The van der Waals surface area contributed by atoms with E-state index >= 15 is 0 Å². The van der Waals surface area contributed by atoms with E-state index in [2.05, 4.69) is 27.1 Å². The van der Waals surface area contributed by atoms with Crippen molar-refractivity contribution in [2.75, 3.05) is 24.5 Å². The maximum absolute atomic E-state index is 12.1. The number of aromatic amines is 1. The Bertz CT molecular complexity index is 595. The fourth-order valence-electron chi connectivity index (χ4n) is 2.98. The standard InChI is InChI=1S/C17H24N4O/c1-2-3-10-18-16(22)13-8-11-21(12-9-13)17-19-14-6-4-5-7-15(14)20-17/h4-7,13H,2-3,8-12H2,1H3,(H,18,22)(H,19,20). The molecule has 1 amide bonds. The molecular formula is C17H24N4O. The number of anilines is 1. The first-order chi connectivity index (χ1) is 10.8. The lowest BCUT2D eigenvalue weighted by molar-refractivity contribution is -0.125. The number of unbranched alkanes of at least 4 members (excludes halogenated alkanes) is 1. The lowest BCUT2D eigenvalue weighted by Gasteiger charge is -2.31. The summed E-state index contributed by atoms with van der Waals surface area (Å²) in [5, 5.41) is 3.05. The molecule has 1 aromatic heterocycles. The zero-order valence-electron chi connectivity index (χ0n) is 13.1. The first-order valence-electron chi connectivity index (χ1n) is 8.25. The molecule has 0 unspecified atom stereocenters. The Morgan fingerprint density at radius 3 is 2.86 bits per heavy atom. The van der Waals surface area contributed by atoms with E-state index in [9.17, 15) is 4.79 Å². The number of amides is 1. The molecule has 118 valence electrons. The van der Waals surface area contributed by atoms with Crippen molar-refractivity contribution in [1.29, 1.82) is 0 Å². The van der Waals surface area contributed by atoms with E-state index in [1.807, 2.05) is 24.3 Å². The van der Waals surface area contributed by atoms with E-state index in [0.717, 1.165) is 62.3 Å². The smallest absolute Gasteiger partial charge is 0.223 e. The third-order valence-electron chi connectivity index (χ3n) is 4.37. The second kappa shape index (κ2) is 6.81. The van der Waals surface area contributed by atoms with Crippen LogP contribution in [0.1, 0.15) is 32.6 Å². The molecule has 0 radical (unpaired) electrons. The van der Waals surface area contributed by atoms with Gasteiger partial charge in [0.25, 0.3) is 0 Å². The molecule has 0 bridgehead atoms. The summed E-state index contributed by atoms with van der Waals surface area (Å²) in [6, 6.07) is 8.07. The molecule has 2 N–H and O–H groups in total. The maximum Gasteiger partial charge on any atom is 0.223 e. The Kier molecular flexibility index (Phi) is 4.61. The van der Waals surface area contributed by atoms with E-state index in [0.29, 0.717) is 0 Å². The van der Waals surface area contributed by atoms with Crippen LogP contribution >= 0.6 is 0 Å². The van der Waals surface area contributed by atoms with Crippen molar-refractivity contribution < 1.29 is 4.79 Å². The quantitative estimate of drug-likeness (QED) is 0.835. The first-order valence-corrected chi connectivity index (χ1v) is 8.25. The number of hydrogen-bond acceptors (Lipinski definition) is 3. The Hall–Kier alpha value is -2.04. The molecule has 5 nitrogen and oxygen atoms in total. The number of piperidine rings is 1. The number of carbonyl (C=O) groups excluding carboxylic acids is 1. The van der Waals surface area contributed by atoms with Crippen molar-refractivity contribution in [3.63, 3.8) is 0 Å². The van der Waals surface area contributed by atoms with Crippen LogP contribution in [0.4, 0.5) is 5.95 Å². The van der Waals surface area contributed by atoms with Crippen LogP contribution in [0.5, 0.6) is 0 Å². The van der Waals surface area contributed by atoms with Crippen molar-refractivity contribution in [3.8, 4) is 0 Å². The number of hydrogen-bond donors (Lipinski definition) is 2. The van der Waals surface area contributed by atoms with E-state index in [1.54, 1.807) is 0 Å². The molecule has 0 saturated carbocycles. The predicted molar refractivity (Wildman–Crippen MR) is 88.9 cm³/mol. The minimum Gasteiger partial charge on any atom is -0.356 e. The molecular weight excluding hydrogens is 276 g/mol. The number of aromatic nitrogens is 2. The van der Waals surface area contributed by atoms with Gasteiger partial charge in [-0.3, -0.25) is 4.79 Å². The van der Waals surface area contributed by atoms with Gasteiger partial charge in [-0.2, -0.15) is 0 Å². The number of imidazole rings is 1. The summed E-state index contributed by atoms with van der Waals surface area (Å²) >= 11 is 0. The molecule has 1 fully saturated rings. The van der Waals surface area contributed by atoms with Crippen LogP contribution in [-0.4, -0.2) is 35.5 Å². The van der Waals surface area contributed by atoms with Gasteiger partial charge in [-0.1, -0.05) is 25.5 Å². The Labute approximate surface area is 131 Å². The predicted octanol–water partition coefficient (Wildman–Crippen LogP) is 2.70. The van der Waals surface area contributed by atoms with Crippen LogP contribution < -0.4 is 10.2 Å². The number of rotatable bonds is 5. The van der Waals surface area contributed by atoms with Gasteiger partial charge in [0.05, 0.1) is 11.0 Å². The van der Waals surface area contributed by atoms with Gasteiger partial charge in [0.2, 0.25) is 11.9 Å². The topological polar surface area (TPSA) is 61.0 Å². The second-order valence-corrected chi connectivity index (χ2v) is 5.98. The molecule has 3 rings (SSSR count). The van der Waals surface area contributed by atoms with Crippen molar-refractivity contribution >= 4 is 22.9 Å². The summed E-state index contributed by atoms with van der Waals surface area (Å²) in [4.78, 5) is 22.4. The zero-order valence-corrected chi connectivity index (χ0v) is 13.1. The van der Waals surface area contributed by atoms with Gasteiger partial charge in [-0.25, -0.2) is 4.98 Å². The average molecular weight is 300 g/mol. The molecule has 1 aliphatic heterocycles. The number of para-hydroxylation sites is 2. The summed E-state index contributed by atoms with van der Waals surface area (Å²) < 4.78 is 0. The minimum absolute atomic E-state index is 0.150. The number of fused-ring (bicyclic) bond motifs is 1. The number of nitrogens with one attached hydrogen (secondary N) is 2. The third kappa shape index (κ3) is 3.24. The SMILES string of the molecule is CCCCNC(=O)C1CCN(c2nc3ccccc3[nH]2)CC1. The zero-order chi connectivity index (χ0) is 15.4. The molecule has 1 aliphatic rings. The van der Waals surface area contributed by atoms with Crippen molar-refractivity contribution in [2.45, 2.75) is 32.6 Å². The van der Waals surface area contributed by atoms with Gasteiger partial charge in [0.1, 0.15) is 0 Å². The lowest BCUT2D eigenvalue weighted by atomic mass is 9.96. The third-order valence-corrected chi connectivity index (χ3v) is 4.37. The number of H-pyrrole nitrogens is 1. The fraction of sp³-hybridized carbons (Fsp3) is 0.529. The average Bonchev–Trinajstić information content (AvgIpc) is 2.99. The largest absolute Gasteiger partial charge is 0.356 e. The monoisotopic (exact) mass is 300 g/mol. The lowest BCUT2D eigenvalue weighted by Crippen LogP contribution is -2.41. The molecule has 1 saturated heterocycles. The highest BCUT2D eigenvalue weighted by molar-refractivity contribution is 5.79. The van der Waals surface area contributed by atoms with Crippen LogP contribution in [0.15, 0.2) is 24.3 Å². The van der Waals surface area contributed by atoms with Crippen LogP contribution in [0, 0.1) is 5.92 Å².